The van der Waals surface area contributed by atoms with Gasteiger partial charge in [-0.05, 0) is 30.5 Å². The van der Waals surface area contributed by atoms with E-state index in [-0.39, 0.29) is 11.8 Å². The van der Waals surface area contributed by atoms with Crippen LogP contribution in [0.5, 0.6) is 5.75 Å². The number of carbonyl (C=O) groups is 2. The lowest BCUT2D eigenvalue weighted by atomic mass is 10.1. The number of amides is 2. The highest BCUT2D eigenvalue weighted by Gasteiger charge is 2.04. The van der Waals surface area contributed by atoms with Crippen LogP contribution in [0.4, 0.5) is 5.69 Å². The number of benzene rings is 2. The smallest absolute Gasteiger partial charge is 0.243 e. The van der Waals surface area contributed by atoms with E-state index in [1.165, 1.54) is 0 Å². The van der Waals surface area contributed by atoms with Crippen molar-refractivity contribution in [3.8, 4) is 5.75 Å². The number of hydrogen-bond acceptors (Lipinski definition) is 4. The molecule has 0 aliphatic heterocycles. The molecule has 0 bridgehead atoms. The number of carbonyl (C=O) groups excluding carboxylic acids is 2. The van der Waals surface area contributed by atoms with Gasteiger partial charge in [0.2, 0.25) is 11.8 Å². The molecule has 0 aromatic heterocycles. The van der Waals surface area contributed by atoms with Gasteiger partial charge in [0.1, 0.15) is 12.4 Å². The van der Waals surface area contributed by atoms with E-state index in [1.807, 2.05) is 54.6 Å². The molecule has 0 fully saturated rings. The molecule has 0 aliphatic carbocycles. The van der Waals surface area contributed by atoms with Crippen molar-refractivity contribution < 1.29 is 19.5 Å². The van der Waals surface area contributed by atoms with E-state index in [0.717, 1.165) is 24.8 Å². The second kappa shape index (κ2) is 11.7. The molecule has 2 amide bonds. The third-order valence-electron chi connectivity index (χ3n) is 4.05. The van der Waals surface area contributed by atoms with Gasteiger partial charge < -0.3 is 10.1 Å². The number of unbranched alkanes of at least 4 members (excludes halogenated alkanes) is 3. The SMILES string of the molecule is O=C(CCCCCCC(=O)Nc1cccc(OCc2ccccc2)c1)NO. The molecule has 0 saturated heterocycles. The maximum Gasteiger partial charge on any atom is 0.243 e. The molecule has 0 saturated carbocycles. The maximum absolute atomic E-state index is 12.0. The summed E-state index contributed by atoms with van der Waals surface area (Å²) in [4.78, 5) is 22.9. The summed E-state index contributed by atoms with van der Waals surface area (Å²) in [6, 6.07) is 17.3. The zero-order valence-electron chi connectivity index (χ0n) is 15.3. The lowest BCUT2D eigenvalue weighted by Crippen LogP contribution is -2.17. The molecule has 2 rings (SSSR count). The van der Waals surface area contributed by atoms with Gasteiger partial charge in [0.25, 0.3) is 0 Å². The summed E-state index contributed by atoms with van der Waals surface area (Å²) in [5.41, 5.74) is 3.41. The Balaban J connectivity index is 1.67. The Morgan fingerprint density at radius 3 is 2.26 bits per heavy atom. The quantitative estimate of drug-likeness (QED) is 0.316. The number of rotatable bonds is 11. The topological polar surface area (TPSA) is 87.7 Å². The second-order valence-electron chi connectivity index (χ2n) is 6.30. The van der Waals surface area contributed by atoms with Crippen LogP contribution in [0.3, 0.4) is 0 Å². The van der Waals surface area contributed by atoms with Crippen molar-refractivity contribution in [2.24, 2.45) is 0 Å². The van der Waals surface area contributed by atoms with Crippen molar-refractivity contribution in [3.05, 3.63) is 60.2 Å². The Hall–Kier alpha value is -2.86. The van der Waals surface area contributed by atoms with E-state index >= 15 is 0 Å². The zero-order chi connectivity index (χ0) is 19.3. The summed E-state index contributed by atoms with van der Waals surface area (Å²) in [7, 11) is 0. The first-order valence-electron chi connectivity index (χ1n) is 9.17. The molecule has 0 radical (unpaired) electrons. The molecule has 144 valence electrons. The maximum atomic E-state index is 12.0. The van der Waals surface area contributed by atoms with Gasteiger partial charge in [0.15, 0.2) is 0 Å². The van der Waals surface area contributed by atoms with E-state index in [2.05, 4.69) is 5.32 Å². The van der Waals surface area contributed by atoms with E-state index in [1.54, 1.807) is 5.48 Å². The molecule has 6 heteroatoms. The van der Waals surface area contributed by atoms with Crippen LogP contribution in [-0.2, 0) is 16.2 Å². The fraction of sp³-hybridized carbons (Fsp3) is 0.333. The Labute approximate surface area is 159 Å². The number of hydroxylamine groups is 1. The van der Waals surface area contributed by atoms with Gasteiger partial charge in [-0.2, -0.15) is 0 Å². The average Bonchev–Trinajstić information content (AvgIpc) is 2.70. The molecule has 6 nitrogen and oxygen atoms in total. The Bertz CT molecular complexity index is 719. The predicted molar refractivity (Wildman–Crippen MR) is 103 cm³/mol. The van der Waals surface area contributed by atoms with Gasteiger partial charge >= 0.3 is 0 Å². The highest BCUT2D eigenvalue weighted by Crippen LogP contribution is 2.19. The first-order valence-corrected chi connectivity index (χ1v) is 9.17. The normalized spacial score (nSPS) is 10.3. The monoisotopic (exact) mass is 370 g/mol. The summed E-state index contributed by atoms with van der Waals surface area (Å²) in [5, 5.41) is 11.3. The summed E-state index contributed by atoms with van der Waals surface area (Å²) >= 11 is 0. The Kier molecular flexibility index (Phi) is 8.86. The highest BCUT2D eigenvalue weighted by atomic mass is 16.5. The van der Waals surface area contributed by atoms with Gasteiger partial charge in [-0.25, -0.2) is 5.48 Å². The molecule has 0 unspecified atom stereocenters. The van der Waals surface area contributed by atoms with Crippen LogP contribution in [-0.4, -0.2) is 17.0 Å². The van der Waals surface area contributed by atoms with E-state index in [9.17, 15) is 9.59 Å². The molecule has 27 heavy (non-hydrogen) atoms. The minimum atomic E-state index is -0.373. The predicted octanol–water partition coefficient (Wildman–Crippen LogP) is 4.05. The molecule has 3 N–H and O–H groups in total. The summed E-state index contributed by atoms with van der Waals surface area (Å²) in [5.74, 6) is 0.296. The molecule has 2 aromatic carbocycles. The van der Waals surface area contributed by atoms with Crippen LogP contribution in [0.2, 0.25) is 0 Å². The molecule has 2 aromatic rings. The lowest BCUT2D eigenvalue weighted by molar-refractivity contribution is -0.129. The minimum Gasteiger partial charge on any atom is -0.489 e. The van der Waals surface area contributed by atoms with Gasteiger partial charge in [-0.15, -0.1) is 0 Å². The van der Waals surface area contributed by atoms with Crippen LogP contribution in [0.15, 0.2) is 54.6 Å². The van der Waals surface area contributed by atoms with Crippen molar-refractivity contribution in [1.82, 2.24) is 5.48 Å². The van der Waals surface area contributed by atoms with E-state index in [0.29, 0.717) is 37.3 Å². The largest absolute Gasteiger partial charge is 0.489 e. The molecule has 0 spiro atoms. The van der Waals surface area contributed by atoms with Gasteiger partial charge in [-0.3, -0.25) is 14.8 Å². The molecular weight excluding hydrogens is 344 g/mol. The lowest BCUT2D eigenvalue weighted by Gasteiger charge is -2.09. The molecular formula is C21H26N2O4. The van der Waals surface area contributed by atoms with Gasteiger partial charge in [0, 0.05) is 24.6 Å². The summed E-state index contributed by atoms with van der Waals surface area (Å²) < 4.78 is 5.77. The van der Waals surface area contributed by atoms with Crippen LogP contribution in [0, 0.1) is 0 Å². The van der Waals surface area contributed by atoms with Gasteiger partial charge in [-0.1, -0.05) is 49.2 Å². The average molecular weight is 370 g/mol. The fourth-order valence-electron chi connectivity index (χ4n) is 2.61. The first-order chi connectivity index (χ1) is 13.2. The van der Waals surface area contributed by atoms with Gasteiger partial charge in [0.05, 0.1) is 0 Å². The van der Waals surface area contributed by atoms with Crippen molar-refractivity contribution in [2.45, 2.75) is 45.1 Å². The standard InChI is InChI=1S/C21H26N2O4/c24-20(13-6-1-2-7-14-21(25)23-26)22-18-11-8-12-19(15-18)27-16-17-9-4-3-5-10-17/h3-5,8-12,15,26H,1-2,6-7,13-14,16H2,(H,22,24)(H,23,25). The molecule has 0 aliphatic rings. The third-order valence-corrected chi connectivity index (χ3v) is 4.05. The molecule has 0 heterocycles. The fourth-order valence-corrected chi connectivity index (χ4v) is 2.61. The van der Waals surface area contributed by atoms with E-state index < -0.39 is 0 Å². The zero-order valence-corrected chi connectivity index (χ0v) is 15.3. The Morgan fingerprint density at radius 1 is 0.852 bits per heavy atom. The van der Waals surface area contributed by atoms with Crippen LogP contribution in [0.25, 0.3) is 0 Å². The van der Waals surface area contributed by atoms with E-state index in [4.69, 9.17) is 9.94 Å². The first kappa shape index (κ1) is 20.5. The number of ether oxygens (including phenoxy) is 1. The van der Waals surface area contributed by atoms with Crippen molar-refractivity contribution >= 4 is 17.5 Å². The third kappa shape index (κ3) is 8.37. The van der Waals surface area contributed by atoms with Crippen LogP contribution in [0.1, 0.15) is 44.1 Å². The van der Waals surface area contributed by atoms with Crippen molar-refractivity contribution in [2.75, 3.05) is 5.32 Å². The van der Waals surface area contributed by atoms with Crippen molar-refractivity contribution in [1.29, 1.82) is 0 Å². The number of anilines is 1. The highest BCUT2D eigenvalue weighted by molar-refractivity contribution is 5.90. The minimum absolute atomic E-state index is 0.0386. The van der Waals surface area contributed by atoms with Crippen molar-refractivity contribution in [3.63, 3.8) is 0 Å². The summed E-state index contributed by atoms with van der Waals surface area (Å²) in [6.45, 7) is 0.479. The summed E-state index contributed by atoms with van der Waals surface area (Å²) in [6.07, 6.45) is 3.92. The number of hydrogen-bond donors (Lipinski definition) is 3. The second-order valence-corrected chi connectivity index (χ2v) is 6.30. The molecule has 0 atom stereocenters. The Morgan fingerprint density at radius 2 is 1.56 bits per heavy atom. The number of nitrogens with one attached hydrogen (secondary N) is 2. The van der Waals surface area contributed by atoms with Crippen LogP contribution < -0.4 is 15.5 Å². The van der Waals surface area contributed by atoms with Crippen LogP contribution >= 0.6 is 0 Å².